The SMILES string of the molecule is COc1ccccc1N(CC(=O)N(Cc1cccc(C)c1)[C@@H](Cc1ccccc1)C(=O)NCC(C)C)S(C)(=O)=O. The quantitative estimate of drug-likeness (QED) is 0.336. The molecular formula is C31H39N3O5S. The molecule has 0 heterocycles. The molecule has 40 heavy (non-hydrogen) atoms. The van der Waals surface area contributed by atoms with Gasteiger partial charge in [0.1, 0.15) is 18.3 Å². The molecular weight excluding hydrogens is 526 g/mol. The molecule has 2 amide bonds. The van der Waals surface area contributed by atoms with Crippen LogP contribution in [0.25, 0.3) is 0 Å². The smallest absolute Gasteiger partial charge is 0.244 e. The zero-order valence-corrected chi connectivity index (χ0v) is 24.6. The van der Waals surface area contributed by atoms with Crippen molar-refractivity contribution in [3.05, 3.63) is 95.6 Å². The predicted molar refractivity (Wildman–Crippen MR) is 159 cm³/mol. The van der Waals surface area contributed by atoms with Gasteiger partial charge in [0.2, 0.25) is 21.8 Å². The first-order chi connectivity index (χ1) is 19.0. The van der Waals surface area contributed by atoms with E-state index in [0.29, 0.717) is 12.3 Å². The molecule has 0 saturated heterocycles. The number of rotatable bonds is 13. The molecule has 3 aromatic carbocycles. The van der Waals surface area contributed by atoms with Crippen molar-refractivity contribution >= 4 is 27.5 Å². The average molecular weight is 566 g/mol. The second-order valence-electron chi connectivity index (χ2n) is 10.3. The monoisotopic (exact) mass is 565 g/mol. The van der Waals surface area contributed by atoms with Gasteiger partial charge >= 0.3 is 0 Å². The number of carbonyl (C=O) groups excluding carboxylic acids is 2. The van der Waals surface area contributed by atoms with Crippen LogP contribution in [-0.2, 0) is 32.6 Å². The van der Waals surface area contributed by atoms with E-state index in [9.17, 15) is 18.0 Å². The van der Waals surface area contributed by atoms with Crippen LogP contribution in [0.5, 0.6) is 5.75 Å². The maximum absolute atomic E-state index is 14.1. The lowest BCUT2D eigenvalue weighted by molar-refractivity contribution is -0.140. The van der Waals surface area contributed by atoms with E-state index < -0.39 is 28.5 Å². The van der Waals surface area contributed by atoms with Gasteiger partial charge in [0.15, 0.2) is 0 Å². The van der Waals surface area contributed by atoms with E-state index in [1.165, 1.54) is 12.0 Å². The summed E-state index contributed by atoms with van der Waals surface area (Å²) in [5.41, 5.74) is 2.99. The summed E-state index contributed by atoms with van der Waals surface area (Å²) in [4.78, 5) is 29.3. The van der Waals surface area contributed by atoms with E-state index in [1.54, 1.807) is 24.3 Å². The third kappa shape index (κ3) is 8.58. The molecule has 9 heteroatoms. The minimum absolute atomic E-state index is 0.136. The first-order valence-electron chi connectivity index (χ1n) is 13.3. The van der Waals surface area contributed by atoms with E-state index in [-0.39, 0.29) is 30.5 Å². The molecule has 3 rings (SSSR count). The molecule has 0 spiro atoms. The van der Waals surface area contributed by atoms with Crippen LogP contribution >= 0.6 is 0 Å². The highest BCUT2D eigenvalue weighted by molar-refractivity contribution is 7.92. The fourth-order valence-electron chi connectivity index (χ4n) is 4.41. The molecule has 0 bridgehead atoms. The van der Waals surface area contributed by atoms with E-state index in [1.807, 2.05) is 75.4 Å². The van der Waals surface area contributed by atoms with Gasteiger partial charge in [-0.3, -0.25) is 13.9 Å². The highest BCUT2D eigenvalue weighted by atomic mass is 32.2. The van der Waals surface area contributed by atoms with Gasteiger partial charge in [-0.05, 0) is 36.1 Å². The fourth-order valence-corrected chi connectivity index (χ4v) is 5.27. The Kier molecular flexibility index (Phi) is 10.7. The summed E-state index contributed by atoms with van der Waals surface area (Å²) >= 11 is 0. The summed E-state index contributed by atoms with van der Waals surface area (Å²) in [6.45, 7) is 6.05. The van der Waals surface area contributed by atoms with Crippen LogP contribution in [0.15, 0.2) is 78.9 Å². The summed E-state index contributed by atoms with van der Waals surface area (Å²) in [5, 5.41) is 2.98. The van der Waals surface area contributed by atoms with Gasteiger partial charge in [-0.15, -0.1) is 0 Å². The van der Waals surface area contributed by atoms with Crippen LogP contribution in [0, 0.1) is 12.8 Å². The molecule has 0 radical (unpaired) electrons. The fraction of sp³-hybridized carbons (Fsp3) is 0.355. The van der Waals surface area contributed by atoms with Crippen molar-refractivity contribution in [2.45, 2.75) is 39.8 Å². The van der Waals surface area contributed by atoms with Crippen LogP contribution in [0.2, 0.25) is 0 Å². The highest BCUT2D eigenvalue weighted by Gasteiger charge is 2.33. The summed E-state index contributed by atoms with van der Waals surface area (Å²) in [6, 6.07) is 23.0. The predicted octanol–water partition coefficient (Wildman–Crippen LogP) is 4.18. The van der Waals surface area contributed by atoms with E-state index in [4.69, 9.17) is 4.74 Å². The number of aryl methyl sites for hydroxylation is 1. The molecule has 8 nitrogen and oxygen atoms in total. The van der Waals surface area contributed by atoms with Crippen molar-refractivity contribution < 1.29 is 22.7 Å². The average Bonchev–Trinajstić information content (AvgIpc) is 2.92. The lowest BCUT2D eigenvalue weighted by atomic mass is 10.0. The zero-order chi connectivity index (χ0) is 29.3. The second kappa shape index (κ2) is 14.0. The number of methoxy groups -OCH3 is 1. The minimum Gasteiger partial charge on any atom is -0.495 e. The van der Waals surface area contributed by atoms with Crippen LogP contribution in [-0.4, -0.2) is 57.6 Å². The van der Waals surface area contributed by atoms with Gasteiger partial charge in [-0.25, -0.2) is 8.42 Å². The Morgan fingerprint density at radius 1 is 0.925 bits per heavy atom. The van der Waals surface area contributed by atoms with Gasteiger partial charge < -0.3 is 15.0 Å². The molecule has 0 aliphatic carbocycles. The molecule has 3 aromatic rings. The summed E-state index contributed by atoms with van der Waals surface area (Å²) in [6.07, 6.45) is 1.32. The second-order valence-corrected chi connectivity index (χ2v) is 12.2. The van der Waals surface area contributed by atoms with Crippen LogP contribution in [0.4, 0.5) is 5.69 Å². The number of para-hydroxylation sites is 2. The van der Waals surface area contributed by atoms with Crippen molar-refractivity contribution in [2.75, 3.05) is 30.8 Å². The van der Waals surface area contributed by atoms with E-state index in [0.717, 1.165) is 27.3 Å². The van der Waals surface area contributed by atoms with Crippen molar-refractivity contribution in [1.29, 1.82) is 0 Å². The maximum Gasteiger partial charge on any atom is 0.244 e. The normalized spacial score (nSPS) is 12.1. The standard InChI is InChI=1S/C31H39N3O5S/c1-23(2)20-32-31(36)28(19-25-13-7-6-8-14-25)33(21-26-15-11-12-24(3)18-26)30(35)22-34(40(5,37)38)27-16-9-10-17-29(27)39-4/h6-18,23,28H,19-22H2,1-5H3,(H,32,36)/t28-/m0/s1. The van der Waals surface area contributed by atoms with Crippen molar-refractivity contribution in [3.8, 4) is 5.75 Å². The maximum atomic E-state index is 14.1. The third-order valence-electron chi connectivity index (χ3n) is 6.42. The van der Waals surface area contributed by atoms with Crippen LogP contribution < -0.4 is 14.4 Å². The molecule has 1 N–H and O–H groups in total. The summed E-state index contributed by atoms with van der Waals surface area (Å²) in [7, 11) is -2.44. The number of amides is 2. The van der Waals surface area contributed by atoms with Crippen molar-refractivity contribution in [3.63, 3.8) is 0 Å². The summed E-state index contributed by atoms with van der Waals surface area (Å²) in [5.74, 6) is -0.254. The van der Waals surface area contributed by atoms with Gasteiger partial charge in [-0.1, -0.05) is 86.1 Å². The Hall–Kier alpha value is -3.85. The number of ether oxygens (including phenoxy) is 1. The molecule has 1 atom stereocenters. The van der Waals surface area contributed by atoms with Gasteiger partial charge in [0.25, 0.3) is 0 Å². The van der Waals surface area contributed by atoms with Crippen LogP contribution in [0.1, 0.15) is 30.5 Å². The molecule has 214 valence electrons. The van der Waals surface area contributed by atoms with Gasteiger partial charge in [0.05, 0.1) is 19.1 Å². The molecule has 0 aromatic heterocycles. The van der Waals surface area contributed by atoms with Gasteiger partial charge in [0, 0.05) is 19.5 Å². The van der Waals surface area contributed by atoms with E-state index >= 15 is 0 Å². The minimum atomic E-state index is -3.88. The number of nitrogens with one attached hydrogen (secondary N) is 1. The van der Waals surface area contributed by atoms with Crippen molar-refractivity contribution in [1.82, 2.24) is 10.2 Å². The van der Waals surface area contributed by atoms with Gasteiger partial charge in [-0.2, -0.15) is 0 Å². The Bertz CT molecular complexity index is 1390. The Morgan fingerprint density at radius 2 is 1.57 bits per heavy atom. The summed E-state index contributed by atoms with van der Waals surface area (Å²) < 4.78 is 32.3. The Labute approximate surface area is 238 Å². The topological polar surface area (TPSA) is 96.0 Å². The number of hydrogen-bond donors (Lipinski definition) is 1. The number of sulfonamides is 1. The first-order valence-corrected chi connectivity index (χ1v) is 15.1. The van der Waals surface area contributed by atoms with E-state index in [2.05, 4.69) is 5.32 Å². The number of carbonyl (C=O) groups is 2. The molecule has 0 aliphatic heterocycles. The third-order valence-corrected chi connectivity index (χ3v) is 7.55. The lowest BCUT2D eigenvalue weighted by Gasteiger charge is -2.34. The Morgan fingerprint density at radius 3 is 2.20 bits per heavy atom. The highest BCUT2D eigenvalue weighted by Crippen LogP contribution is 2.30. The van der Waals surface area contributed by atoms with Crippen LogP contribution in [0.3, 0.4) is 0 Å². The van der Waals surface area contributed by atoms with Crippen molar-refractivity contribution in [2.24, 2.45) is 5.92 Å². The molecule has 0 saturated carbocycles. The Balaban J connectivity index is 2.07. The molecule has 0 aliphatic rings. The lowest BCUT2D eigenvalue weighted by Crippen LogP contribution is -2.53. The number of hydrogen-bond acceptors (Lipinski definition) is 5. The largest absolute Gasteiger partial charge is 0.495 e. The molecule has 0 fully saturated rings. The molecule has 0 unspecified atom stereocenters. The zero-order valence-electron chi connectivity index (χ0n) is 23.8. The number of benzene rings is 3. The number of anilines is 1. The number of nitrogens with zero attached hydrogens (tertiary/aromatic N) is 2. The first kappa shape index (κ1) is 30.7.